The first-order valence-corrected chi connectivity index (χ1v) is 9.50. The number of para-hydroxylation sites is 1. The van der Waals surface area contributed by atoms with Crippen molar-refractivity contribution >= 4 is 23.7 Å². The fourth-order valence-electron chi connectivity index (χ4n) is 4.23. The Hall–Kier alpha value is -2.83. The lowest BCUT2D eigenvalue weighted by atomic mass is 9.86. The summed E-state index contributed by atoms with van der Waals surface area (Å²) in [6.07, 6.45) is 0.349. The van der Waals surface area contributed by atoms with E-state index in [1.165, 1.54) is 4.90 Å². The molecule has 1 aromatic carbocycles. The lowest BCUT2D eigenvalue weighted by Crippen LogP contribution is -2.52. The topological polar surface area (TPSA) is 90.4 Å². The normalized spacial score (nSPS) is 27.4. The molecule has 148 valence electrons. The van der Waals surface area contributed by atoms with Crippen LogP contribution in [0, 0.1) is 11.3 Å². The van der Waals surface area contributed by atoms with E-state index in [2.05, 4.69) is 17.0 Å². The minimum Gasteiger partial charge on any atom is -0.481 e. The smallest absolute Gasteiger partial charge is 0.428 e. The van der Waals surface area contributed by atoms with Crippen LogP contribution < -0.4 is 4.90 Å². The maximum atomic E-state index is 12.6. The van der Waals surface area contributed by atoms with Crippen LogP contribution in [-0.4, -0.2) is 72.3 Å². The number of amides is 1. The standard InChI is InChI=1S/C20H23N3O5/c24-13-16-11-20(16)10-15(18(25)26)12-22(14-20)19(27)28-23-8-6-21(7-9-23)17-4-2-1-3-5-17/h1-5,15H,6-12,14H2,(H,25,26). The Labute approximate surface area is 162 Å². The highest BCUT2D eigenvalue weighted by atomic mass is 16.7. The number of hydroxylamine groups is 2. The van der Waals surface area contributed by atoms with Gasteiger partial charge in [0.1, 0.15) is 5.94 Å². The molecule has 1 amide bonds. The van der Waals surface area contributed by atoms with Crippen molar-refractivity contribution in [3.05, 3.63) is 35.9 Å². The van der Waals surface area contributed by atoms with Crippen molar-refractivity contribution < 1.29 is 24.3 Å². The Morgan fingerprint density at radius 3 is 2.46 bits per heavy atom. The van der Waals surface area contributed by atoms with Crippen LogP contribution in [-0.2, 0) is 14.4 Å². The molecular formula is C20H23N3O5. The van der Waals surface area contributed by atoms with Gasteiger partial charge in [0.2, 0.25) is 0 Å². The molecule has 2 saturated heterocycles. The van der Waals surface area contributed by atoms with Crippen LogP contribution in [0.25, 0.3) is 0 Å². The van der Waals surface area contributed by atoms with Gasteiger partial charge in [0.15, 0.2) is 0 Å². The molecule has 3 fully saturated rings. The molecule has 3 aliphatic rings. The van der Waals surface area contributed by atoms with Gasteiger partial charge < -0.3 is 19.7 Å². The summed E-state index contributed by atoms with van der Waals surface area (Å²) in [5.41, 5.74) is 1.19. The van der Waals surface area contributed by atoms with Crippen LogP contribution in [0.2, 0.25) is 0 Å². The molecule has 2 atom stereocenters. The van der Waals surface area contributed by atoms with Crippen molar-refractivity contribution in [2.75, 3.05) is 44.2 Å². The predicted octanol–water partition coefficient (Wildman–Crippen LogP) is 1.41. The molecule has 8 heteroatoms. The second kappa shape index (κ2) is 7.30. The fraction of sp³-hybridized carbons (Fsp3) is 0.500. The number of likely N-dealkylation sites (tertiary alicyclic amines) is 1. The Balaban J connectivity index is 1.35. The highest BCUT2D eigenvalue weighted by Gasteiger charge is 2.57. The first kappa shape index (κ1) is 18.5. The number of piperidine rings is 1. The summed E-state index contributed by atoms with van der Waals surface area (Å²) in [4.78, 5) is 44.3. The van der Waals surface area contributed by atoms with E-state index in [1.54, 1.807) is 5.06 Å². The summed E-state index contributed by atoms with van der Waals surface area (Å²) < 4.78 is 0. The minimum absolute atomic E-state index is 0.103. The number of carboxylic acid groups (broad SMARTS) is 1. The SMILES string of the molecule is O=C=C1CC12CC(C(=O)O)CN(C(=O)ON1CCN(c3ccccc3)CC1)C2. The summed E-state index contributed by atoms with van der Waals surface area (Å²) in [6, 6.07) is 10.1. The van der Waals surface area contributed by atoms with E-state index in [-0.39, 0.29) is 6.54 Å². The van der Waals surface area contributed by atoms with Gasteiger partial charge in [-0.2, -0.15) is 0 Å². The van der Waals surface area contributed by atoms with E-state index in [1.807, 2.05) is 24.1 Å². The molecule has 0 aromatic heterocycles. The number of rotatable bonds is 3. The number of carbonyl (C=O) groups is 2. The third-order valence-corrected chi connectivity index (χ3v) is 5.90. The van der Waals surface area contributed by atoms with Gasteiger partial charge in [0.05, 0.1) is 19.0 Å². The van der Waals surface area contributed by atoms with E-state index < -0.39 is 23.4 Å². The van der Waals surface area contributed by atoms with Gasteiger partial charge in [-0.3, -0.25) is 4.79 Å². The Morgan fingerprint density at radius 1 is 1.14 bits per heavy atom. The fourth-order valence-corrected chi connectivity index (χ4v) is 4.23. The predicted molar refractivity (Wildman–Crippen MR) is 100 cm³/mol. The molecule has 0 radical (unpaired) electrons. The summed E-state index contributed by atoms with van der Waals surface area (Å²) in [6.45, 7) is 3.03. The highest BCUT2D eigenvalue weighted by molar-refractivity contribution is 5.75. The maximum Gasteiger partial charge on any atom is 0.428 e. The minimum atomic E-state index is -0.953. The summed E-state index contributed by atoms with van der Waals surface area (Å²) >= 11 is 0. The number of carboxylic acids is 1. The molecule has 0 bridgehead atoms. The molecule has 2 unspecified atom stereocenters. The van der Waals surface area contributed by atoms with Crippen molar-refractivity contribution in [2.24, 2.45) is 11.3 Å². The zero-order valence-electron chi connectivity index (χ0n) is 15.5. The average molecular weight is 385 g/mol. The molecule has 1 spiro atoms. The summed E-state index contributed by atoms with van der Waals surface area (Å²) in [7, 11) is 0. The Morgan fingerprint density at radius 2 is 1.86 bits per heavy atom. The quantitative estimate of drug-likeness (QED) is 0.787. The zero-order chi connectivity index (χ0) is 19.7. The highest BCUT2D eigenvalue weighted by Crippen LogP contribution is 2.57. The van der Waals surface area contributed by atoms with Gasteiger partial charge in [-0.1, -0.05) is 18.2 Å². The third kappa shape index (κ3) is 3.61. The average Bonchev–Trinajstić information content (AvgIpc) is 3.39. The van der Waals surface area contributed by atoms with Crippen LogP contribution in [0.4, 0.5) is 10.5 Å². The number of benzene rings is 1. The van der Waals surface area contributed by atoms with Gasteiger partial charge in [-0.05, 0) is 25.0 Å². The van der Waals surface area contributed by atoms with E-state index in [0.29, 0.717) is 38.0 Å². The van der Waals surface area contributed by atoms with Gasteiger partial charge in [0.25, 0.3) is 0 Å². The Kier molecular flexibility index (Phi) is 4.83. The molecule has 28 heavy (non-hydrogen) atoms. The van der Waals surface area contributed by atoms with Crippen molar-refractivity contribution in [1.82, 2.24) is 9.96 Å². The largest absolute Gasteiger partial charge is 0.481 e. The first-order chi connectivity index (χ1) is 13.5. The second-order valence-electron chi connectivity index (χ2n) is 7.77. The van der Waals surface area contributed by atoms with Crippen LogP contribution in [0.1, 0.15) is 12.8 Å². The van der Waals surface area contributed by atoms with E-state index in [4.69, 9.17) is 4.84 Å². The zero-order valence-corrected chi connectivity index (χ0v) is 15.5. The van der Waals surface area contributed by atoms with Crippen LogP contribution in [0.15, 0.2) is 35.9 Å². The van der Waals surface area contributed by atoms with E-state index in [0.717, 1.165) is 18.8 Å². The van der Waals surface area contributed by atoms with Gasteiger partial charge >= 0.3 is 12.1 Å². The molecule has 1 aromatic rings. The first-order valence-electron chi connectivity index (χ1n) is 9.50. The second-order valence-corrected chi connectivity index (χ2v) is 7.77. The van der Waals surface area contributed by atoms with Crippen LogP contribution >= 0.6 is 0 Å². The number of aliphatic carboxylic acids is 1. The van der Waals surface area contributed by atoms with Crippen molar-refractivity contribution in [3.63, 3.8) is 0 Å². The molecular weight excluding hydrogens is 362 g/mol. The lowest BCUT2D eigenvalue weighted by molar-refractivity contribution is -0.146. The molecule has 1 N–H and O–H groups in total. The van der Waals surface area contributed by atoms with Crippen molar-refractivity contribution in [1.29, 1.82) is 0 Å². The van der Waals surface area contributed by atoms with Crippen LogP contribution in [0.5, 0.6) is 0 Å². The van der Waals surface area contributed by atoms with Crippen molar-refractivity contribution in [2.45, 2.75) is 12.8 Å². The van der Waals surface area contributed by atoms with Crippen molar-refractivity contribution in [3.8, 4) is 0 Å². The number of piperazine rings is 1. The van der Waals surface area contributed by atoms with Gasteiger partial charge in [-0.15, -0.1) is 5.06 Å². The molecule has 1 saturated carbocycles. The summed E-state index contributed by atoms with van der Waals surface area (Å²) in [5.74, 6) is 0.253. The lowest BCUT2D eigenvalue weighted by Gasteiger charge is -2.38. The Bertz CT molecular complexity index is 814. The van der Waals surface area contributed by atoms with Crippen LogP contribution in [0.3, 0.4) is 0 Å². The number of carbonyl (C=O) groups excluding carboxylic acids is 2. The van der Waals surface area contributed by atoms with E-state index >= 15 is 0 Å². The van der Waals surface area contributed by atoms with Gasteiger partial charge in [-0.25, -0.2) is 9.59 Å². The number of hydrogen-bond donors (Lipinski definition) is 1. The summed E-state index contributed by atoms with van der Waals surface area (Å²) in [5, 5.41) is 11.0. The molecule has 4 rings (SSSR count). The molecule has 8 nitrogen and oxygen atoms in total. The molecule has 1 aliphatic carbocycles. The molecule has 2 heterocycles. The number of anilines is 1. The maximum absolute atomic E-state index is 12.6. The third-order valence-electron chi connectivity index (χ3n) is 5.90. The van der Waals surface area contributed by atoms with Gasteiger partial charge in [0, 0.05) is 42.9 Å². The molecule has 2 aliphatic heterocycles. The number of nitrogens with zero attached hydrogens (tertiary/aromatic N) is 3. The van der Waals surface area contributed by atoms with E-state index in [9.17, 15) is 19.5 Å². The monoisotopic (exact) mass is 385 g/mol. The number of hydrogen-bond acceptors (Lipinski definition) is 6.